The lowest BCUT2D eigenvalue weighted by atomic mass is 10.0. The first-order valence-electron chi connectivity index (χ1n) is 8.79. The molecule has 0 spiro atoms. The van der Waals surface area contributed by atoms with Gasteiger partial charge in [-0.15, -0.1) is 0 Å². The molecule has 1 N–H and O–H groups in total. The van der Waals surface area contributed by atoms with E-state index < -0.39 is 17.8 Å². The molecule has 0 bridgehead atoms. The maximum absolute atomic E-state index is 12.8. The summed E-state index contributed by atoms with van der Waals surface area (Å²) < 4.78 is 44.1. The van der Waals surface area contributed by atoms with E-state index in [9.17, 15) is 18.0 Å². The van der Waals surface area contributed by atoms with Crippen LogP contribution in [0.3, 0.4) is 0 Å². The molecule has 2 rings (SSSR count). The zero-order valence-electron chi connectivity index (χ0n) is 15.9. The van der Waals surface area contributed by atoms with E-state index in [1.807, 2.05) is 39.0 Å². The minimum absolute atomic E-state index is 0.00130. The van der Waals surface area contributed by atoms with Crippen molar-refractivity contribution in [1.29, 1.82) is 0 Å². The van der Waals surface area contributed by atoms with Crippen LogP contribution in [0.4, 0.5) is 13.2 Å². The Kier molecular flexibility index (Phi) is 6.52. The molecule has 0 aliphatic rings. The summed E-state index contributed by atoms with van der Waals surface area (Å²) in [5.74, 6) is 0.497. The second-order valence-electron chi connectivity index (χ2n) is 6.87. The van der Waals surface area contributed by atoms with Gasteiger partial charge in [0.15, 0.2) is 6.10 Å². The number of alkyl halides is 3. The highest BCUT2D eigenvalue weighted by atomic mass is 19.4. The zero-order valence-corrected chi connectivity index (χ0v) is 15.9. The smallest absolute Gasteiger partial charge is 0.416 e. The first-order valence-corrected chi connectivity index (χ1v) is 8.79. The Morgan fingerprint density at radius 3 is 2.44 bits per heavy atom. The van der Waals surface area contributed by atoms with Crippen LogP contribution >= 0.6 is 0 Å². The molecule has 2 aromatic rings. The number of carbonyl (C=O) groups is 1. The molecule has 0 heterocycles. The molecule has 0 unspecified atom stereocenters. The van der Waals surface area contributed by atoms with Crippen LogP contribution in [-0.4, -0.2) is 12.0 Å². The summed E-state index contributed by atoms with van der Waals surface area (Å²) in [6.45, 7) is 7.64. The largest absolute Gasteiger partial charge is 0.481 e. The fourth-order valence-corrected chi connectivity index (χ4v) is 2.66. The molecule has 1 atom stereocenters. The lowest BCUT2D eigenvalue weighted by Crippen LogP contribution is -2.36. The Morgan fingerprint density at radius 1 is 1.11 bits per heavy atom. The maximum Gasteiger partial charge on any atom is 0.416 e. The average molecular weight is 379 g/mol. The molecule has 0 aromatic heterocycles. The van der Waals surface area contributed by atoms with E-state index in [0.717, 1.165) is 23.3 Å². The van der Waals surface area contributed by atoms with E-state index in [1.54, 1.807) is 13.0 Å². The molecule has 146 valence electrons. The van der Waals surface area contributed by atoms with Gasteiger partial charge in [0, 0.05) is 6.54 Å². The van der Waals surface area contributed by atoms with Gasteiger partial charge < -0.3 is 10.1 Å². The van der Waals surface area contributed by atoms with E-state index >= 15 is 0 Å². The molecule has 0 saturated carbocycles. The Morgan fingerprint density at radius 2 is 1.81 bits per heavy atom. The summed E-state index contributed by atoms with van der Waals surface area (Å²) in [6.07, 6.45) is -5.18. The lowest BCUT2D eigenvalue weighted by molar-refractivity contribution is -0.137. The van der Waals surface area contributed by atoms with Crippen LogP contribution in [0.15, 0.2) is 42.5 Å². The number of aryl methyl sites for hydroxylation is 1. The van der Waals surface area contributed by atoms with E-state index in [0.29, 0.717) is 11.3 Å². The molecule has 0 fully saturated rings. The zero-order chi connectivity index (χ0) is 20.2. The molecule has 3 nitrogen and oxygen atoms in total. The highest BCUT2D eigenvalue weighted by Crippen LogP contribution is 2.30. The molecule has 27 heavy (non-hydrogen) atoms. The summed E-state index contributed by atoms with van der Waals surface area (Å²) in [4.78, 5) is 12.3. The quantitative estimate of drug-likeness (QED) is 0.747. The van der Waals surface area contributed by atoms with Crippen molar-refractivity contribution in [3.8, 4) is 5.75 Å². The van der Waals surface area contributed by atoms with Crippen molar-refractivity contribution >= 4 is 5.91 Å². The van der Waals surface area contributed by atoms with E-state index in [4.69, 9.17) is 4.74 Å². The van der Waals surface area contributed by atoms with Gasteiger partial charge in [-0.25, -0.2) is 0 Å². The van der Waals surface area contributed by atoms with Crippen LogP contribution in [-0.2, 0) is 17.5 Å². The van der Waals surface area contributed by atoms with Gasteiger partial charge in [0.05, 0.1) is 5.56 Å². The van der Waals surface area contributed by atoms with Crippen LogP contribution < -0.4 is 10.1 Å². The number of ether oxygens (including phenoxy) is 1. The third kappa shape index (κ3) is 5.74. The summed E-state index contributed by atoms with van der Waals surface area (Å²) in [7, 11) is 0. The van der Waals surface area contributed by atoms with Crippen LogP contribution in [0.25, 0.3) is 0 Å². The molecule has 0 saturated heterocycles. The van der Waals surface area contributed by atoms with Crippen molar-refractivity contribution in [3.05, 3.63) is 64.7 Å². The van der Waals surface area contributed by atoms with Gasteiger partial charge >= 0.3 is 6.18 Å². The van der Waals surface area contributed by atoms with Crippen LogP contribution in [0.5, 0.6) is 5.75 Å². The van der Waals surface area contributed by atoms with Crippen molar-refractivity contribution in [1.82, 2.24) is 5.32 Å². The van der Waals surface area contributed by atoms with E-state index in [2.05, 4.69) is 5.32 Å². The summed E-state index contributed by atoms with van der Waals surface area (Å²) in [5, 5.41) is 2.63. The van der Waals surface area contributed by atoms with Crippen LogP contribution in [0.1, 0.15) is 48.9 Å². The Labute approximate surface area is 157 Å². The van der Waals surface area contributed by atoms with Crippen molar-refractivity contribution in [2.45, 2.75) is 52.4 Å². The number of hydrogen-bond acceptors (Lipinski definition) is 2. The lowest BCUT2D eigenvalue weighted by Gasteiger charge is -2.19. The molecule has 6 heteroatoms. The number of carbonyl (C=O) groups excluding carboxylic acids is 1. The second kappa shape index (κ2) is 8.46. The van der Waals surface area contributed by atoms with Gasteiger partial charge in [0.2, 0.25) is 0 Å². The Balaban J connectivity index is 2.02. The summed E-state index contributed by atoms with van der Waals surface area (Å²) >= 11 is 0. The van der Waals surface area contributed by atoms with Crippen molar-refractivity contribution in [2.24, 2.45) is 0 Å². The summed E-state index contributed by atoms with van der Waals surface area (Å²) in [5.41, 5.74) is 1.66. The van der Waals surface area contributed by atoms with Crippen molar-refractivity contribution in [2.75, 3.05) is 0 Å². The molecule has 0 aliphatic carbocycles. The van der Waals surface area contributed by atoms with Gasteiger partial charge in [0.25, 0.3) is 5.91 Å². The normalized spacial score (nSPS) is 12.7. The Bertz CT molecular complexity index is 800. The number of benzene rings is 2. The van der Waals surface area contributed by atoms with Gasteiger partial charge in [-0.2, -0.15) is 13.2 Å². The van der Waals surface area contributed by atoms with Crippen LogP contribution in [0.2, 0.25) is 0 Å². The molecule has 1 amide bonds. The van der Waals surface area contributed by atoms with Crippen LogP contribution in [0, 0.1) is 6.92 Å². The molecular weight excluding hydrogens is 355 g/mol. The highest BCUT2D eigenvalue weighted by Gasteiger charge is 2.30. The van der Waals surface area contributed by atoms with Gasteiger partial charge in [-0.1, -0.05) is 38.1 Å². The van der Waals surface area contributed by atoms with Gasteiger partial charge in [-0.05, 0) is 54.7 Å². The number of halogens is 3. The Hall–Kier alpha value is -2.50. The van der Waals surface area contributed by atoms with Gasteiger partial charge in [-0.3, -0.25) is 4.79 Å². The van der Waals surface area contributed by atoms with Crippen molar-refractivity contribution in [3.63, 3.8) is 0 Å². The van der Waals surface area contributed by atoms with Gasteiger partial charge in [0.1, 0.15) is 5.75 Å². The fraction of sp³-hybridized carbons (Fsp3) is 0.381. The maximum atomic E-state index is 12.8. The standard InChI is InChI=1S/C21H24F3NO2/c1-13(2)18-9-8-14(3)10-19(18)27-15(4)20(26)25-12-16-6-5-7-17(11-16)21(22,23)24/h5-11,13,15H,12H2,1-4H3,(H,25,26)/t15-/m1/s1. The van der Waals surface area contributed by atoms with E-state index in [-0.39, 0.29) is 18.4 Å². The minimum Gasteiger partial charge on any atom is -0.481 e. The highest BCUT2D eigenvalue weighted by molar-refractivity contribution is 5.80. The predicted molar refractivity (Wildman–Crippen MR) is 98.6 cm³/mol. The molecule has 2 aromatic carbocycles. The number of hydrogen-bond donors (Lipinski definition) is 1. The third-order valence-corrected chi connectivity index (χ3v) is 4.19. The fourth-order valence-electron chi connectivity index (χ4n) is 2.66. The molecule has 0 aliphatic heterocycles. The molecular formula is C21H24F3NO2. The first kappa shape index (κ1) is 20.8. The third-order valence-electron chi connectivity index (χ3n) is 4.19. The average Bonchev–Trinajstić information content (AvgIpc) is 2.59. The molecule has 0 radical (unpaired) electrons. The van der Waals surface area contributed by atoms with E-state index in [1.165, 1.54) is 6.07 Å². The number of rotatable bonds is 6. The number of amides is 1. The topological polar surface area (TPSA) is 38.3 Å². The summed E-state index contributed by atoms with van der Waals surface area (Å²) in [6, 6.07) is 10.7. The number of nitrogens with one attached hydrogen (secondary N) is 1. The SMILES string of the molecule is Cc1ccc(C(C)C)c(O[C@H](C)C(=O)NCc2cccc(C(F)(F)F)c2)c1. The first-order chi connectivity index (χ1) is 12.6. The predicted octanol–water partition coefficient (Wildman–Crippen LogP) is 5.22. The minimum atomic E-state index is -4.41. The van der Waals surface area contributed by atoms with Crippen molar-refractivity contribution < 1.29 is 22.7 Å². The second-order valence-corrected chi connectivity index (χ2v) is 6.87. The monoisotopic (exact) mass is 379 g/mol.